The van der Waals surface area contributed by atoms with Crippen LogP contribution in [0.3, 0.4) is 0 Å². The van der Waals surface area contributed by atoms with Crippen molar-refractivity contribution < 1.29 is 9.47 Å². The lowest BCUT2D eigenvalue weighted by atomic mass is 10.1. The Bertz CT molecular complexity index is 470. The SMILES string of the molecule is CCCNC1c2cc(OC)ccc2CC1OCCC1CC1. The number of fused-ring (bicyclic) bond motifs is 1. The Kier molecular flexibility index (Phi) is 4.81. The highest BCUT2D eigenvalue weighted by atomic mass is 16.5. The molecule has 0 aliphatic heterocycles. The Labute approximate surface area is 128 Å². The molecule has 0 bridgehead atoms. The van der Waals surface area contributed by atoms with Gasteiger partial charge in [0.2, 0.25) is 0 Å². The highest BCUT2D eigenvalue weighted by Crippen LogP contribution is 2.37. The van der Waals surface area contributed by atoms with Crippen molar-refractivity contribution in [2.75, 3.05) is 20.3 Å². The molecule has 1 saturated carbocycles. The molecule has 1 fully saturated rings. The van der Waals surface area contributed by atoms with Gasteiger partial charge in [0, 0.05) is 13.0 Å². The smallest absolute Gasteiger partial charge is 0.119 e. The normalized spacial score (nSPS) is 24.1. The van der Waals surface area contributed by atoms with Crippen LogP contribution in [0.4, 0.5) is 0 Å². The fraction of sp³-hybridized carbons (Fsp3) is 0.667. The third kappa shape index (κ3) is 3.58. The van der Waals surface area contributed by atoms with Crippen LogP contribution in [0.2, 0.25) is 0 Å². The molecular weight excluding hydrogens is 262 g/mol. The van der Waals surface area contributed by atoms with Crippen LogP contribution in [0.5, 0.6) is 5.75 Å². The quantitative estimate of drug-likeness (QED) is 0.795. The Morgan fingerprint density at radius 3 is 2.86 bits per heavy atom. The van der Waals surface area contributed by atoms with Gasteiger partial charge in [-0.15, -0.1) is 0 Å². The highest BCUT2D eigenvalue weighted by molar-refractivity contribution is 5.42. The molecule has 3 nitrogen and oxygen atoms in total. The summed E-state index contributed by atoms with van der Waals surface area (Å²) in [5.74, 6) is 1.88. The second-order valence-electron chi connectivity index (χ2n) is 6.34. The van der Waals surface area contributed by atoms with Gasteiger partial charge in [-0.3, -0.25) is 0 Å². The second-order valence-corrected chi connectivity index (χ2v) is 6.34. The fourth-order valence-electron chi connectivity index (χ4n) is 3.20. The van der Waals surface area contributed by atoms with Crippen molar-refractivity contribution in [3.63, 3.8) is 0 Å². The number of benzene rings is 1. The molecule has 2 aliphatic rings. The third-order valence-electron chi connectivity index (χ3n) is 4.65. The van der Waals surface area contributed by atoms with Crippen molar-refractivity contribution in [1.82, 2.24) is 5.32 Å². The van der Waals surface area contributed by atoms with Crippen molar-refractivity contribution >= 4 is 0 Å². The third-order valence-corrected chi connectivity index (χ3v) is 4.65. The van der Waals surface area contributed by atoms with Crippen LogP contribution in [0.1, 0.15) is 49.8 Å². The number of methoxy groups -OCH3 is 1. The van der Waals surface area contributed by atoms with Gasteiger partial charge in [0.05, 0.1) is 19.3 Å². The summed E-state index contributed by atoms with van der Waals surface area (Å²) in [7, 11) is 1.73. The molecule has 116 valence electrons. The van der Waals surface area contributed by atoms with Crippen molar-refractivity contribution in [1.29, 1.82) is 0 Å². The molecule has 0 radical (unpaired) electrons. The lowest BCUT2D eigenvalue weighted by Gasteiger charge is -2.22. The first-order valence-corrected chi connectivity index (χ1v) is 8.33. The van der Waals surface area contributed by atoms with Crippen molar-refractivity contribution in [3.05, 3.63) is 29.3 Å². The molecule has 2 unspecified atom stereocenters. The Morgan fingerprint density at radius 2 is 2.14 bits per heavy atom. The maximum Gasteiger partial charge on any atom is 0.119 e. The molecule has 1 N–H and O–H groups in total. The van der Waals surface area contributed by atoms with Crippen molar-refractivity contribution in [3.8, 4) is 5.75 Å². The minimum Gasteiger partial charge on any atom is -0.497 e. The van der Waals surface area contributed by atoms with Crippen LogP contribution in [0.15, 0.2) is 18.2 Å². The van der Waals surface area contributed by atoms with E-state index in [-0.39, 0.29) is 6.10 Å². The topological polar surface area (TPSA) is 30.5 Å². The van der Waals surface area contributed by atoms with E-state index < -0.39 is 0 Å². The van der Waals surface area contributed by atoms with Crippen molar-refractivity contribution in [2.45, 2.75) is 51.2 Å². The molecule has 21 heavy (non-hydrogen) atoms. The van der Waals surface area contributed by atoms with Gasteiger partial charge in [-0.2, -0.15) is 0 Å². The predicted octanol–water partition coefficient (Wildman–Crippen LogP) is 3.48. The van der Waals surface area contributed by atoms with Crippen LogP contribution in [0, 0.1) is 5.92 Å². The number of nitrogens with one attached hydrogen (secondary N) is 1. The number of ether oxygens (including phenoxy) is 2. The highest BCUT2D eigenvalue weighted by Gasteiger charge is 2.33. The molecule has 1 aromatic carbocycles. The molecule has 3 rings (SSSR count). The van der Waals surface area contributed by atoms with Gasteiger partial charge in [-0.1, -0.05) is 25.8 Å². The maximum atomic E-state index is 6.22. The van der Waals surface area contributed by atoms with E-state index in [1.165, 1.54) is 30.4 Å². The zero-order valence-corrected chi connectivity index (χ0v) is 13.2. The van der Waals surface area contributed by atoms with E-state index in [1.54, 1.807) is 7.11 Å². The van der Waals surface area contributed by atoms with E-state index in [4.69, 9.17) is 9.47 Å². The van der Waals surface area contributed by atoms with Crippen LogP contribution in [-0.2, 0) is 11.2 Å². The predicted molar refractivity (Wildman–Crippen MR) is 84.8 cm³/mol. The molecule has 2 atom stereocenters. The molecular formula is C18H27NO2. The van der Waals surface area contributed by atoms with Crippen LogP contribution in [0.25, 0.3) is 0 Å². The van der Waals surface area contributed by atoms with Crippen molar-refractivity contribution in [2.24, 2.45) is 5.92 Å². The lowest BCUT2D eigenvalue weighted by Crippen LogP contribution is -2.31. The van der Waals surface area contributed by atoms with Crippen LogP contribution >= 0.6 is 0 Å². The van der Waals surface area contributed by atoms with Gasteiger partial charge in [0.1, 0.15) is 5.75 Å². The van der Waals surface area contributed by atoms with E-state index >= 15 is 0 Å². The monoisotopic (exact) mass is 289 g/mol. The summed E-state index contributed by atoms with van der Waals surface area (Å²) in [4.78, 5) is 0. The summed E-state index contributed by atoms with van der Waals surface area (Å²) < 4.78 is 11.6. The van der Waals surface area contributed by atoms with Gasteiger partial charge >= 0.3 is 0 Å². The molecule has 0 aromatic heterocycles. The first-order valence-electron chi connectivity index (χ1n) is 8.33. The van der Waals surface area contributed by atoms with E-state index in [1.807, 2.05) is 0 Å². The molecule has 3 heteroatoms. The molecule has 0 saturated heterocycles. The maximum absolute atomic E-state index is 6.22. The minimum absolute atomic E-state index is 0.275. The summed E-state index contributed by atoms with van der Waals surface area (Å²) in [6.45, 7) is 4.14. The lowest BCUT2D eigenvalue weighted by molar-refractivity contribution is 0.0313. The number of hydrogen-bond donors (Lipinski definition) is 1. The van der Waals surface area contributed by atoms with Gasteiger partial charge in [0.15, 0.2) is 0 Å². The second kappa shape index (κ2) is 6.80. The van der Waals surface area contributed by atoms with Gasteiger partial charge in [-0.05, 0) is 48.6 Å². The average Bonchev–Trinajstić information content (AvgIpc) is 3.26. The number of hydrogen-bond acceptors (Lipinski definition) is 3. The number of rotatable bonds is 8. The molecule has 0 heterocycles. The van der Waals surface area contributed by atoms with Gasteiger partial charge in [0.25, 0.3) is 0 Å². The van der Waals surface area contributed by atoms with E-state index in [0.717, 1.165) is 37.7 Å². The molecule has 0 spiro atoms. The first kappa shape index (κ1) is 14.9. The average molecular weight is 289 g/mol. The van der Waals surface area contributed by atoms with E-state index in [0.29, 0.717) is 6.04 Å². The summed E-state index contributed by atoms with van der Waals surface area (Å²) in [6, 6.07) is 6.74. The minimum atomic E-state index is 0.275. The van der Waals surface area contributed by atoms with Crippen LogP contribution < -0.4 is 10.1 Å². The standard InChI is InChI=1S/C18H27NO2/c1-3-9-19-18-16-12-15(20-2)7-6-14(16)11-17(18)21-10-8-13-4-5-13/h6-7,12-13,17-19H,3-5,8-11H2,1-2H3. The molecule has 0 amide bonds. The first-order chi connectivity index (χ1) is 10.3. The summed E-state index contributed by atoms with van der Waals surface area (Å²) in [5, 5.41) is 3.66. The van der Waals surface area contributed by atoms with Gasteiger partial charge < -0.3 is 14.8 Å². The Hall–Kier alpha value is -1.06. The van der Waals surface area contributed by atoms with E-state index in [9.17, 15) is 0 Å². The summed E-state index contributed by atoms with van der Waals surface area (Å²) in [6.07, 6.45) is 6.48. The summed E-state index contributed by atoms with van der Waals surface area (Å²) >= 11 is 0. The van der Waals surface area contributed by atoms with Gasteiger partial charge in [-0.25, -0.2) is 0 Å². The zero-order valence-electron chi connectivity index (χ0n) is 13.2. The fourth-order valence-corrected chi connectivity index (χ4v) is 3.20. The summed E-state index contributed by atoms with van der Waals surface area (Å²) in [5.41, 5.74) is 2.76. The van der Waals surface area contributed by atoms with E-state index in [2.05, 4.69) is 30.4 Å². The Morgan fingerprint density at radius 1 is 1.29 bits per heavy atom. The largest absolute Gasteiger partial charge is 0.497 e. The molecule has 1 aromatic rings. The van der Waals surface area contributed by atoms with Crippen LogP contribution in [-0.4, -0.2) is 26.4 Å². The Balaban J connectivity index is 1.67. The zero-order chi connectivity index (χ0) is 14.7. The molecule has 2 aliphatic carbocycles.